The van der Waals surface area contributed by atoms with Gasteiger partial charge in [0.25, 0.3) is 5.91 Å². The second kappa shape index (κ2) is 9.60. The van der Waals surface area contributed by atoms with Gasteiger partial charge in [-0.15, -0.1) is 0 Å². The van der Waals surface area contributed by atoms with Gasteiger partial charge < -0.3 is 5.32 Å². The Morgan fingerprint density at radius 3 is 2.55 bits per heavy atom. The Morgan fingerprint density at radius 1 is 1.16 bits per heavy atom. The number of carbonyl (C=O) groups is 2. The third-order valence-corrected chi connectivity index (χ3v) is 6.23. The summed E-state index contributed by atoms with van der Waals surface area (Å²) in [7, 11) is 0. The molecule has 0 aliphatic carbocycles. The van der Waals surface area contributed by atoms with Gasteiger partial charge in [0, 0.05) is 23.7 Å². The summed E-state index contributed by atoms with van der Waals surface area (Å²) in [5.74, 6) is -0.937. The second-order valence-corrected chi connectivity index (χ2v) is 8.84. The van der Waals surface area contributed by atoms with Crippen molar-refractivity contribution >= 4 is 75.1 Å². The SMILES string of the molecule is O=C(CCN1C(=O)/C(=C/c2ccccc2Cl)SC1=S)Nc1ccc(Cl)c(C(F)(F)F)c1. The van der Waals surface area contributed by atoms with Crippen molar-refractivity contribution in [3.05, 3.63) is 68.5 Å². The number of hydrogen-bond acceptors (Lipinski definition) is 4. The molecule has 3 rings (SSSR count). The monoisotopic (exact) mass is 504 g/mol. The summed E-state index contributed by atoms with van der Waals surface area (Å²) in [4.78, 5) is 26.5. The van der Waals surface area contributed by atoms with Crippen LogP contribution in [0.3, 0.4) is 0 Å². The van der Waals surface area contributed by atoms with Crippen LogP contribution in [0, 0.1) is 0 Å². The van der Waals surface area contributed by atoms with Crippen molar-refractivity contribution < 1.29 is 22.8 Å². The van der Waals surface area contributed by atoms with E-state index in [1.165, 1.54) is 11.0 Å². The molecule has 31 heavy (non-hydrogen) atoms. The van der Waals surface area contributed by atoms with Crippen molar-refractivity contribution in [2.24, 2.45) is 0 Å². The molecule has 2 amide bonds. The van der Waals surface area contributed by atoms with Gasteiger partial charge in [0.2, 0.25) is 5.91 Å². The third kappa shape index (κ3) is 5.79. The van der Waals surface area contributed by atoms with Gasteiger partial charge in [0.15, 0.2) is 0 Å². The molecule has 0 radical (unpaired) electrons. The molecular formula is C20H13Cl2F3N2O2S2. The quantitative estimate of drug-likeness (QED) is 0.386. The molecule has 0 spiro atoms. The smallest absolute Gasteiger partial charge is 0.326 e. The molecule has 0 saturated carbocycles. The highest BCUT2D eigenvalue weighted by Gasteiger charge is 2.34. The van der Waals surface area contributed by atoms with Gasteiger partial charge in [-0.25, -0.2) is 0 Å². The Morgan fingerprint density at radius 2 is 1.87 bits per heavy atom. The highest BCUT2D eigenvalue weighted by Crippen LogP contribution is 2.36. The zero-order valence-corrected chi connectivity index (χ0v) is 18.6. The molecule has 1 heterocycles. The average Bonchev–Trinajstić information content (AvgIpc) is 2.95. The summed E-state index contributed by atoms with van der Waals surface area (Å²) in [6, 6.07) is 10.1. The fourth-order valence-corrected chi connectivity index (χ4v) is 4.40. The summed E-state index contributed by atoms with van der Waals surface area (Å²) in [5.41, 5.74) is -0.440. The zero-order valence-electron chi connectivity index (χ0n) is 15.5. The van der Waals surface area contributed by atoms with Crippen LogP contribution in [-0.2, 0) is 15.8 Å². The van der Waals surface area contributed by atoms with Crippen molar-refractivity contribution in [1.82, 2.24) is 4.90 Å². The van der Waals surface area contributed by atoms with Crippen molar-refractivity contribution in [1.29, 1.82) is 0 Å². The normalized spacial score (nSPS) is 15.6. The first-order valence-corrected chi connectivity index (χ1v) is 10.7. The number of alkyl halides is 3. The number of nitrogens with one attached hydrogen (secondary N) is 1. The molecule has 11 heteroatoms. The van der Waals surface area contributed by atoms with Crippen LogP contribution in [0.1, 0.15) is 17.5 Å². The largest absolute Gasteiger partial charge is 0.417 e. The molecule has 0 atom stereocenters. The fourth-order valence-electron chi connectivity index (χ4n) is 2.68. The molecular weight excluding hydrogens is 492 g/mol. The first-order chi connectivity index (χ1) is 14.6. The van der Waals surface area contributed by atoms with Crippen LogP contribution in [0.15, 0.2) is 47.4 Å². The van der Waals surface area contributed by atoms with Crippen molar-refractivity contribution in [3.8, 4) is 0 Å². The number of hydrogen-bond donors (Lipinski definition) is 1. The lowest BCUT2D eigenvalue weighted by Gasteiger charge is -2.15. The fraction of sp³-hybridized carbons (Fsp3) is 0.150. The summed E-state index contributed by atoms with van der Waals surface area (Å²) in [5, 5.41) is 2.39. The highest BCUT2D eigenvalue weighted by atomic mass is 35.5. The summed E-state index contributed by atoms with van der Waals surface area (Å²) in [6.07, 6.45) is -3.18. The molecule has 1 aliphatic heterocycles. The molecule has 4 nitrogen and oxygen atoms in total. The highest BCUT2D eigenvalue weighted by molar-refractivity contribution is 8.26. The molecule has 1 saturated heterocycles. The van der Waals surface area contributed by atoms with Crippen molar-refractivity contribution in [3.63, 3.8) is 0 Å². The Balaban J connectivity index is 1.64. The Labute approximate surface area is 195 Å². The molecule has 1 aliphatic rings. The lowest BCUT2D eigenvalue weighted by Crippen LogP contribution is -2.31. The minimum atomic E-state index is -4.65. The van der Waals surface area contributed by atoms with E-state index < -0.39 is 22.7 Å². The first-order valence-electron chi connectivity index (χ1n) is 8.73. The molecule has 0 bridgehead atoms. The Bertz CT molecular complexity index is 1090. The first kappa shape index (κ1) is 23.6. The van der Waals surface area contributed by atoms with Crippen LogP contribution in [0.2, 0.25) is 10.0 Å². The number of thioether (sulfide) groups is 1. The maximum absolute atomic E-state index is 13.0. The topological polar surface area (TPSA) is 49.4 Å². The van der Waals surface area contributed by atoms with Gasteiger partial charge >= 0.3 is 6.18 Å². The zero-order chi connectivity index (χ0) is 22.8. The number of halogens is 5. The Kier molecular flexibility index (Phi) is 7.31. The maximum Gasteiger partial charge on any atom is 0.417 e. The van der Waals surface area contributed by atoms with E-state index in [-0.39, 0.29) is 28.9 Å². The average molecular weight is 505 g/mol. The standard InChI is InChI=1S/C20H13Cl2F3N2O2S2/c21-14-4-2-1-3-11(14)9-16-18(29)27(19(30)31-16)8-7-17(28)26-12-5-6-15(22)13(10-12)20(23,24)25/h1-6,9-10H,7-8H2,(H,26,28)/b16-9-. The molecule has 0 unspecified atom stereocenters. The molecule has 0 aromatic heterocycles. The van der Waals surface area contributed by atoms with Gasteiger partial charge in [-0.2, -0.15) is 13.2 Å². The van der Waals surface area contributed by atoms with Gasteiger partial charge in [-0.05, 0) is 35.9 Å². The third-order valence-electron chi connectivity index (χ3n) is 4.18. The van der Waals surface area contributed by atoms with Crippen LogP contribution < -0.4 is 5.32 Å². The lowest BCUT2D eigenvalue weighted by molar-refractivity contribution is -0.137. The summed E-state index contributed by atoms with van der Waals surface area (Å²) in [6.45, 7) is -0.0178. The minimum absolute atomic E-state index is 0.0178. The number of amides is 2. The summed E-state index contributed by atoms with van der Waals surface area (Å²) >= 11 is 18.0. The summed E-state index contributed by atoms with van der Waals surface area (Å²) < 4.78 is 39.1. The molecule has 2 aromatic rings. The number of nitrogens with zero attached hydrogens (tertiary/aromatic N) is 1. The molecule has 2 aromatic carbocycles. The van der Waals surface area contributed by atoms with Crippen LogP contribution in [0.25, 0.3) is 6.08 Å². The van der Waals surface area contributed by atoms with Crippen LogP contribution in [-0.4, -0.2) is 27.6 Å². The van der Waals surface area contributed by atoms with Crippen LogP contribution in [0.4, 0.5) is 18.9 Å². The molecule has 162 valence electrons. The van der Waals surface area contributed by atoms with E-state index in [1.54, 1.807) is 30.3 Å². The van der Waals surface area contributed by atoms with Crippen molar-refractivity contribution in [2.45, 2.75) is 12.6 Å². The van der Waals surface area contributed by atoms with E-state index in [0.717, 1.165) is 23.9 Å². The van der Waals surface area contributed by atoms with Crippen molar-refractivity contribution in [2.75, 3.05) is 11.9 Å². The van der Waals surface area contributed by atoms with E-state index in [2.05, 4.69) is 5.32 Å². The van der Waals surface area contributed by atoms with E-state index in [0.29, 0.717) is 15.5 Å². The van der Waals surface area contributed by atoms with Gasteiger partial charge in [0.1, 0.15) is 4.32 Å². The molecule has 1 N–H and O–H groups in total. The number of thiocarbonyl (C=S) groups is 1. The number of anilines is 1. The van der Waals surface area contributed by atoms with Crippen LogP contribution >= 0.6 is 47.2 Å². The number of carbonyl (C=O) groups excluding carboxylic acids is 2. The Hall–Kier alpha value is -2.07. The predicted octanol–water partition coefficient (Wildman–Crippen LogP) is 6.24. The van der Waals surface area contributed by atoms with Gasteiger partial charge in [0.05, 0.1) is 15.5 Å². The maximum atomic E-state index is 13.0. The lowest BCUT2D eigenvalue weighted by atomic mass is 10.2. The second-order valence-electron chi connectivity index (χ2n) is 6.35. The van der Waals surface area contributed by atoms with E-state index >= 15 is 0 Å². The minimum Gasteiger partial charge on any atom is -0.326 e. The predicted molar refractivity (Wildman–Crippen MR) is 121 cm³/mol. The van der Waals surface area contributed by atoms with E-state index in [4.69, 9.17) is 35.4 Å². The van der Waals surface area contributed by atoms with E-state index in [9.17, 15) is 22.8 Å². The van der Waals surface area contributed by atoms with Crippen LogP contribution in [0.5, 0.6) is 0 Å². The van der Waals surface area contributed by atoms with E-state index in [1.807, 2.05) is 0 Å². The van der Waals surface area contributed by atoms with Gasteiger partial charge in [-0.1, -0.05) is 65.4 Å². The molecule has 1 fully saturated rings. The number of rotatable bonds is 5. The van der Waals surface area contributed by atoms with Gasteiger partial charge in [-0.3, -0.25) is 14.5 Å². The number of benzene rings is 2.